The molecule has 7 nitrogen and oxygen atoms in total. The number of nitrogens with two attached hydrogens (primary N) is 1. The van der Waals surface area contributed by atoms with E-state index in [0.717, 1.165) is 10.0 Å². The molecule has 0 saturated heterocycles. The molecule has 1 aliphatic rings. The van der Waals surface area contributed by atoms with Gasteiger partial charge in [0.25, 0.3) is 5.91 Å². The predicted molar refractivity (Wildman–Crippen MR) is 116 cm³/mol. The summed E-state index contributed by atoms with van der Waals surface area (Å²) in [6, 6.07) is 9.71. The van der Waals surface area contributed by atoms with E-state index in [9.17, 15) is 14.0 Å². The molecule has 0 saturated carbocycles. The van der Waals surface area contributed by atoms with Crippen LogP contribution in [0.2, 0.25) is 0 Å². The highest BCUT2D eigenvalue weighted by Crippen LogP contribution is 2.33. The first-order valence-corrected chi connectivity index (χ1v) is 9.86. The highest BCUT2D eigenvalue weighted by Gasteiger charge is 2.30. The minimum atomic E-state index is -0.883. The van der Waals surface area contributed by atoms with Crippen LogP contribution in [0.4, 0.5) is 14.9 Å². The van der Waals surface area contributed by atoms with Gasteiger partial charge in [0.15, 0.2) is 0 Å². The molecule has 9 heteroatoms. The molecule has 0 bridgehead atoms. The first-order chi connectivity index (χ1) is 14.3. The molecular formula is C21H20BrFN4O3. The van der Waals surface area contributed by atoms with Crippen molar-refractivity contribution in [3.8, 4) is 5.75 Å². The van der Waals surface area contributed by atoms with Crippen LogP contribution in [0.1, 0.15) is 5.56 Å². The third kappa shape index (κ3) is 5.44. The van der Waals surface area contributed by atoms with Crippen molar-refractivity contribution < 1.29 is 18.7 Å². The zero-order valence-corrected chi connectivity index (χ0v) is 17.7. The van der Waals surface area contributed by atoms with Crippen molar-refractivity contribution >= 4 is 39.8 Å². The van der Waals surface area contributed by atoms with E-state index in [1.165, 1.54) is 29.3 Å². The van der Waals surface area contributed by atoms with Crippen LogP contribution in [0.15, 0.2) is 63.7 Å². The summed E-state index contributed by atoms with van der Waals surface area (Å²) in [5.74, 6) is -0.0921. The highest BCUT2D eigenvalue weighted by atomic mass is 79.9. The number of halogens is 2. The van der Waals surface area contributed by atoms with Crippen LogP contribution in [0.3, 0.4) is 0 Å². The molecule has 1 aliphatic heterocycles. The molecular weight excluding hydrogens is 455 g/mol. The van der Waals surface area contributed by atoms with Crippen LogP contribution >= 0.6 is 15.9 Å². The fourth-order valence-electron chi connectivity index (χ4n) is 2.86. The van der Waals surface area contributed by atoms with Gasteiger partial charge in [0.1, 0.15) is 24.2 Å². The zero-order chi connectivity index (χ0) is 21.7. The van der Waals surface area contributed by atoms with Gasteiger partial charge in [0.2, 0.25) is 0 Å². The third-order valence-electron chi connectivity index (χ3n) is 4.42. The predicted octanol–water partition coefficient (Wildman–Crippen LogP) is 3.18. The van der Waals surface area contributed by atoms with E-state index >= 15 is 0 Å². The summed E-state index contributed by atoms with van der Waals surface area (Å²) in [5.41, 5.74) is 7.78. The number of likely N-dealkylation sites (N-methyl/N-ethyl adjacent to an activating group) is 1. The molecule has 0 radical (unpaired) electrons. The standard InChI is InChI=1S/C21H20BrFN4O3/c1-27-18-11-14(22)4-7-19(18)30-12-17(20(27)28)26-21(29)25-9-8-16(24)10-13-2-5-15(23)6-3-13/h2-9,11,17H,10,12,24H2,1H3,(H,26,29)/b16-8-,25-9+/t17-/m1/s1. The monoisotopic (exact) mass is 474 g/mol. The fraction of sp³-hybridized carbons (Fsp3) is 0.190. The number of hydrogen-bond acceptors (Lipinski definition) is 4. The fourth-order valence-corrected chi connectivity index (χ4v) is 3.21. The summed E-state index contributed by atoms with van der Waals surface area (Å²) in [4.78, 5) is 30.0. The number of rotatable bonds is 4. The molecule has 2 aromatic carbocycles. The number of benzene rings is 2. The van der Waals surface area contributed by atoms with E-state index in [1.807, 2.05) is 6.07 Å². The van der Waals surface area contributed by atoms with Gasteiger partial charge in [0, 0.05) is 29.9 Å². The van der Waals surface area contributed by atoms with Crippen molar-refractivity contribution in [2.45, 2.75) is 12.5 Å². The van der Waals surface area contributed by atoms with Crippen LogP contribution < -0.4 is 20.7 Å². The van der Waals surface area contributed by atoms with E-state index < -0.39 is 12.1 Å². The average molecular weight is 475 g/mol. The van der Waals surface area contributed by atoms with Crippen molar-refractivity contribution in [1.29, 1.82) is 0 Å². The minimum Gasteiger partial charge on any atom is -0.489 e. The van der Waals surface area contributed by atoms with Gasteiger partial charge in [-0.2, -0.15) is 0 Å². The smallest absolute Gasteiger partial charge is 0.341 e. The Morgan fingerprint density at radius 2 is 2.10 bits per heavy atom. The maximum Gasteiger partial charge on any atom is 0.341 e. The Bertz CT molecular complexity index is 1010. The topological polar surface area (TPSA) is 97.0 Å². The molecule has 3 amide bonds. The first kappa shape index (κ1) is 21.5. The Hall–Kier alpha value is -3.20. The Morgan fingerprint density at radius 3 is 2.83 bits per heavy atom. The van der Waals surface area contributed by atoms with Crippen LogP contribution in [0.5, 0.6) is 5.75 Å². The van der Waals surface area contributed by atoms with E-state index in [2.05, 4.69) is 26.2 Å². The number of carbonyl (C=O) groups excluding carboxylic acids is 2. The number of allylic oxidation sites excluding steroid dienone is 2. The SMILES string of the molecule is CN1C(=O)[C@H](NC(=O)/N=C/C=C(\N)Cc2ccc(F)cc2)COc2ccc(Br)cc21. The second-order valence-electron chi connectivity index (χ2n) is 6.65. The summed E-state index contributed by atoms with van der Waals surface area (Å²) in [7, 11) is 1.61. The van der Waals surface area contributed by atoms with Crippen molar-refractivity contribution in [1.82, 2.24) is 5.32 Å². The Kier molecular flexibility index (Phi) is 6.83. The summed E-state index contributed by atoms with van der Waals surface area (Å²) in [6.07, 6.45) is 3.13. The summed E-state index contributed by atoms with van der Waals surface area (Å²) >= 11 is 3.37. The number of fused-ring (bicyclic) bond motifs is 1. The lowest BCUT2D eigenvalue weighted by molar-refractivity contribution is -0.120. The average Bonchev–Trinajstić information content (AvgIpc) is 2.82. The van der Waals surface area contributed by atoms with Crippen molar-refractivity contribution in [2.75, 3.05) is 18.6 Å². The zero-order valence-electron chi connectivity index (χ0n) is 16.1. The second-order valence-corrected chi connectivity index (χ2v) is 7.56. The van der Waals surface area contributed by atoms with Gasteiger partial charge < -0.3 is 20.7 Å². The Labute approximate surface area is 181 Å². The molecule has 0 aromatic heterocycles. The number of urea groups is 1. The van der Waals surface area contributed by atoms with Crippen LogP contribution in [0.25, 0.3) is 0 Å². The molecule has 156 valence electrons. The Morgan fingerprint density at radius 1 is 1.37 bits per heavy atom. The van der Waals surface area contributed by atoms with Crippen LogP contribution in [-0.2, 0) is 11.2 Å². The molecule has 30 heavy (non-hydrogen) atoms. The van der Waals surface area contributed by atoms with Gasteiger partial charge in [0.05, 0.1) is 5.69 Å². The number of ether oxygens (including phenoxy) is 1. The number of aliphatic imine (C=N–C) groups is 1. The number of nitrogens with one attached hydrogen (secondary N) is 1. The minimum absolute atomic E-state index is 0.0123. The second kappa shape index (κ2) is 9.53. The number of hydrogen-bond donors (Lipinski definition) is 2. The maximum atomic E-state index is 12.9. The summed E-state index contributed by atoms with van der Waals surface area (Å²) < 4.78 is 19.4. The maximum absolute atomic E-state index is 12.9. The van der Waals surface area contributed by atoms with Gasteiger partial charge in [-0.25, -0.2) is 14.2 Å². The molecule has 1 atom stereocenters. The quantitative estimate of drug-likeness (QED) is 0.664. The van der Waals surface area contributed by atoms with Crippen LogP contribution in [0, 0.1) is 5.82 Å². The number of anilines is 1. The normalized spacial score (nSPS) is 16.8. The molecule has 0 fully saturated rings. The molecule has 3 N–H and O–H groups in total. The third-order valence-corrected chi connectivity index (χ3v) is 4.91. The van der Waals surface area contributed by atoms with Crippen molar-refractivity contribution in [3.63, 3.8) is 0 Å². The van der Waals surface area contributed by atoms with Gasteiger partial charge in [-0.1, -0.05) is 28.1 Å². The molecule has 2 aromatic rings. The van der Waals surface area contributed by atoms with E-state index in [-0.39, 0.29) is 18.3 Å². The molecule has 3 rings (SSSR count). The number of carbonyl (C=O) groups is 2. The molecule has 0 unspecified atom stereocenters. The van der Waals surface area contributed by atoms with E-state index in [0.29, 0.717) is 23.6 Å². The summed E-state index contributed by atoms with van der Waals surface area (Å²) in [5, 5.41) is 2.54. The lowest BCUT2D eigenvalue weighted by atomic mass is 10.1. The number of amides is 3. The molecule has 0 aliphatic carbocycles. The lowest BCUT2D eigenvalue weighted by Gasteiger charge is -2.19. The largest absolute Gasteiger partial charge is 0.489 e. The molecule has 0 spiro atoms. The van der Waals surface area contributed by atoms with E-state index in [1.54, 1.807) is 31.3 Å². The van der Waals surface area contributed by atoms with Crippen LogP contribution in [-0.4, -0.2) is 37.8 Å². The first-order valence-electron chi connectivity index (χ1n) is 9.07. The van der Waals surface area contributed by atoms with Gasteiger partial charge in [-0.3, -0.25) is 4.79 Å². The Balaban J connectivity index is 1.59. The molecule has 1 heterocycles. The van der Waals surface area contributed by atoms with Crippen molar-refractivity contribution in [3.05, 3.63) is 70.1 Å². The van der Waals surface area contributed by atoms with Gasteiger partial charge in [-0.15, -0.1) is 0 Å². The highest BCUT2D eigenvalue weighted by molar-refractivity contribution is 9.10. The van der Waals surface area contributed by atoms with Gasteiger partial charge in [-0.05, 0) is 42.0 Å². The van der Waals surface area contributed by atoms with Crippen molar-refractivity contribution in [2.24, 2.45) is 10.7 Å². The van der Waals surface area contributed by atoms with E-state index in [4.69, 9.17) is 10.5 Å². The number of nitrogens with zero attached hydrogens (tertiary/aromatic N) is 2. The van der Waals surface area contributed by atoms with Gasteiger partial charge >= 0.3 is 6.03 Å². The summed E-state index contributed by atoms with van der Waals surface area (Å²) in [6.45, 7) is -0.0123. The lowest BCUT2D eigenvalue weighted by Crippen LogP contribution is -2.48.